The van der Waals surface area contributed by atoms with E-state index in [1.165, 1.54) is 6.08 Å². The molecule has 1 aromatic carbocycles. The van der Waals surface area contributed by atoms with Crippen molar-refractivity contribution >= 4 is 0 Å². The van der Waals surface area contributed by atoms with Gasteiger partial charge in [0.05, 0.1) is 19.3 Å². The molecule has 1 rings (SSSR count). The Hall–Kier alpha value is -1.12. The molecule has 2 heteroatoms. The third-order valence-corrected chi connectivity index (χ3v) is 1.67. The van der Waals surface area contributed by atoms with E-state index in [1.54, 1.807) is 0 Å². The molecule has 0 saturated heterocycles. The van der Waals surface area contributed by atoms with Crippen LogP contribution in [-0.4, -0.2) is 17.8 Å². The molecular formula is C11H14O2. The minimum absolute atomic E-state index is 0.304. The molecule has 0 aliphatic carbocycles. The average molecular weight is 178 g/mol. The summed E-state index contributed by atoms with van der Waals surface area (Å²) in [6, 6.07) is 9.86. The third-order valence-electron chi connectivity index (χ3n) is 1.67. The second-order valence-electron chi connectivity index (χ2n) is 2.80. The van der Waals surface area contributed by atoms with Gasteiger partial charge in [-0.2, -0.15) is 0 Å². The van der Waals surface area contributed by atoms with Gasteiger partial charge in [0, 0.05) is 0 Å². The molecular weight excluding hydrogens is 164 g/mol. The van der Waals surface area contributed by atoms with Crippen molar-refractivity contribution in [3.05, 3.63) is 48.6 Å². The SMILES string of the molecule is C=C[C@@H](O)COCc1ccccc1. The van der Waals surface area contributed by atoms with Gasteiger partial charge in [-0.25, -0.2) is 0 Å². The second-order valence-corrected chi connectivity index (χ2v) is 2.80. The summed E-state index contributed by atoms with van der Waals surface area (Å²) in [5.74, 6) is 0. The molecule has 0 aromatic heterocycles. The highest BCUT2D eigenvalue weighted by molar-refractivity contribution is 5.13. The summed E-state index contributed by atoms with van der Waals surface area (Å²) in [7, 11) is 0. The Morgan fingerprint density at radius 3 is 2.69 bits per heavy atom. The second kappa shape index (κ2) is 5.51. The van der Waals surface area contributed by atoms with E-state index in [0.717, 1.165) is 5.56 Å². The predicted octanol–water partition coefficient (Wildman–Crippen LogP) is 1.75. The monoisotopic (exact) mass is 178 g/mol. The molecule has 70 valence electrons. The van der Waals surface area contributed by atoms with E-state index in [0.29, 0.717) is 13.2 Å². The van der Waals surface area contributed by atoms with Crippen molar-refractivity contribution in [3.63, 3.8) is 0 Å². The quantitative estimate of drug-likeness (QED) is 0.696. The first-order valence-corrected chi connectivity index (χ1v) is 4.25. The molecule has 1 atom stereocenters. The molecule has 0 spiro atoms. The molecule has 13 heavy (non-hydrogen) atoms. The molecule has 0 heterocycles. The Kier molecular flexibility index (Phi) is 4.23. The van der Waals surface area contributed by atoms with Gasteiger partial charge in [-0.3, -0.25) is 0 Å². The Morgan fingerprint density at radius 2 is 2.08 bits per heavy atom. The smallest absolute Gasteiger partial charge is 0.0952 e. The van der Waals surface area contributed by atoms with E-state index >= 15 is 0 Å². The van der Waals surface area contributed by atoms with E-state index in [4.69, 9.17) is 9.84 Å². The zero-order valence-electron chi connectivity index (χ0n) is 7.52. The number of ether oxygens (including phenoxy) is 1. The average Bonchev–Trinajstić information content (AvgIpc) is 2.19. The summed E-state index contributed by atoms with van der Waals surface area (Å²) in [4.78, 5) is 0. The summed E-state index contributed by atoms with van der Waals surface area (Å²) in [6.45, 7) is 4.29. The van der Waals surface area contributed by atoms with Crippen LogP contribution in [0.5, 0.6) is 0 Å². The van der Waals surface area contributed by atoms with Crippen LogP contribution in [0.2, 0.25) is 0 Å². The highest BCUT2D eigenvalue weighted by atomic mass is 16.5. The lowest BCUT2D eigenvalue weighted by molar-refractivity contribution is 0.0505. The summed E-state index contributed by atoms with van der Waals surface area (Å²) in [5, 5.41) is 9.09. The van der Waals surface area contributed by atoms with E-state index < -0.39 is 6.10 Å². The van der Waals surface area contributed by atoms with Gasteiger partial charge in [-0.05, 0) is 5.56 Å². The van der Waals surface area contributed by atoms with Gasteiger partial charge in [0.15, 0.2) is 0 Å². The molecule has 0 aliphatic rings. The molecule has 0 bridgehead atoms. The van der Waals surface area contributed by atoms with E-state index in [1.807, 2.05) is 30.3 Å². The topological polar surface area (TPSA) is 29.5 Å². The first-order chi connectivity index (χ1) is 6.33. The van der Waals surface area contributed by atoms with Crippen molar-refractivity contribution in [1.29, 1.82) is 0 Å². The zero-order chi connectivity index (χ0) is 9.52. The fraction of sp³-hybridized carbons (Fsp3) is 0.273. The number of hydrogen-bond donors (Lipinski definition) is 1. The molecule has 1 aromatic rings. The van der Waals surface area contributed by atoms with E-state index in [-0.39, 0.29) is 0 Å². The van der Waals surface area contributed by atoms with E-state index in [9.17, 15) is 0 Å². The first-order valence-electron chi connectivity index (χ1n) is 4.25. The van der Waals surface area contributed by atoms with Gasteiger partial charge >= 0.3 is 0 Å². The molecule has 1 N–H and O–H groups in total. The molecule has 0 saturated carbocycles. The van der Waals surface area contributed by atoms with Gasteiger partial charge in [0.1, 0.15) is 0 Å². The van der Waals surface area contributed by atoms with Crippen LogP contribution in [0.4, 0.5) is 0 Å². The van der Waals surface area contributed by atoms with Crippen molar-refractivity contribution < 1.29 is 9.84 Å². The highest BCUT2D eigenvalue weighted by Gasteiger charge is 1.97. The molecule has 0 unspecified atom stereocenters. The molecule has 0 aliphatic heterocycles. The van der Waals surface area contributed by atoms with E-state index in [2.05, 4.69) is 6.58 Å². The summed E-state index contributed by atoms with van der Waals surface area (Å²) in [6.07, 6.45) is 0.897. The third kappa shape index (κ3) is 3.87. The maximum Gasteiger partial charge on any atom is 0.0952 e. The van der Waals surface area contributed by atoms with Crippen LogP contribution in [-0.2, 0) is 11.3 Å². The fourth-order valence-electron chi connectivity index (χ4n) is 0.940. The lowest BCUT2D eigenvalue weighted by Gasteiger charge is -2.06. The lowest BCUT2D eigenvalue weighted by Crippen LogP contribution is -2.11. The zero-order valence-corrected chi connectivity index (χ0v) is 7.52. The Balaban J connectivity index is 2.24. The summed E-state index contributed by atoms with van der Waals surface area (Å²) < 4.78 is 5.25. The van der Waals surface area contributed by atoms with Gasteiger partial charge < -0.3 is 9.84 Å². The van der Waals surface area contributed by atoms with Gasteiger partial charge in [-0.15, -0.1) is 6.58 Å². The Labute approximate surface area is 78.5 Å². The molecule has 0 amide bonds. The Bertz CT molecular complexity index is 244. The fourth-order valence-corrected chi connectivity index (χ4v) is 0.940. The minimum atomic E-state index is -0.566. The maximum absolute atomic E-state index is 9.09. The number of rotatable bonds is 5. The standard InChI is InChI=1S/C11H14O2/c1-2-11(12)9-13-8-10-6-4-3-5-7-10/h2-7,11-12H,1,8-9H2/t11-/m1/s1. The van der Waals surface area contributed by atoms with Crippen molar-refractivity contribution in [3.8, 4) is 0 Å². The molecule has 2 nitrogen and oxygen atoms in total. The Morgan fingerprint density at radius 1 is 1.38 bits per heavy atom. The number of hydrogen-bond acceptors (Lipinski definition) is 2. The van der Waals surface area contributed by atoms with Gasteiger partial charge in [-0.1, -0.05) is 36.4 Å². The van der Waals surface area contributed by atoms with Crippen molar-refractivity contribution in [1.82, 2.24) is 0 Å². The van der Waals surface area contributed by atoms with Gasteiger partial charge in [0.25, 0.3) is 0 Å². The van der Waals surface area contributed by atoms with Crippen molar-refractivity contribution in [2.45, 2.75) is 12.7 Å². The van der Waals surface area contributed by atoms with Crippen LogP contribution in [0.1, 0.15) is 5.56 Å². The van der Waals surface area contributed by atoms with Crippen LogP contribution in [0.3, 0.4) is 0 Å². The predicted molar refractivity (Wildman–Crippen MR) is 52.3 cm³/mol. The van der Waals surface area contributed by atoms with Crippen molar-refractivity contribution in [2.75, 3.05) is 6.61 Å². The van der Waals surface area contributed by atoms with Crippen LogP contribution < -0.4 is 0 Å². The number of benzene rings is 1. The first kappa shape index (κ1) is 9.96. The van der Waals surface area contributed by atoms with Crippen LogP contribution >= 0.6 is 0 Å². The van der Waals surface area contributed by atoms with Crippen LogP contribution in [0, 0.1) is 0 Å². The largest absolute Gasteiger partial charge is 0.387 e. The van der Waals surface area contributed by atoms with Crippen LogP contribution in [0.25, 0.3) is 0 Å². The maximum atomic E-state index is 9.09. The normalized spacial score (nSPS) is 12.4. The number of aliphatic hydroxyl groups excluding tert-OH is 1. The minimum Gasteiger partial charge on any atom is -0.387 e. The lowest BCUT2D eigenvalue weighted by atomic mass is 10.2. The highest BCUT2D eigenvalue weighted by Crippen LogP contribution is 2.00. The number of aliphatic hydroxyl groups is 1. The molecule has 0 radical (unpaired) electrons. The summed E-state index contributed by atoms with van der Waals surface area (Å²) >= 11 is 0. The van der Waals surface area contributed by atoms with Gasteiger partial charge in [0.2, 0.25) is 0 Å². The van der Waals surface area contributed by atoms with Crippen molar-refractivity contribution in [2.24, 2.45) is 0 Å². The molecule has 0 fully saturated rings. The summed E-state index contributed by atoms with van der Waals surface area (Å²) in [5.41, 5.74) is 1.11. The van der Waals surface area contributed by atoms with Crippen LogP contribution in [0.15, 0.2) is 43.0 Å².